The molecule has 0 atom stereocenters. The third kappa shape index (κ3) is 5.64. The average molecular weight is 307 g/mol. The minimum atomic E-state index is 0.782. The molecule has 0 aromatic rings. The second kappa shape index (κ2) is 9.19. The highest BCUT2D eigenvalue weighted by Crippen LogP contribution is 2.28. The van der Waals surface area contributed by atoms with Crippen LogP contribution in [0.4, 0.5) is 0 Å². The largest absolute Gasteiger partial charge is 0.377 e. The molecule has 126 valence electrons. The lowest BCUT2D eigenvalue weighted by molar-refractivity contribution is 0.153. The zero-order valence-corrected chi connectivity index (χ0v) is 14.6. The minimum absolute atomic E-state index is 0.782. The van der Waals surface area contributed by atoms with Crippen LogP contribution in [0.15, 0.2) is 16.6 Å². The molecule has 4 nitrogen and oxygen atoms in total. The van der Waals surface area contributed by atoms with E-state index in [1.807, 2.05) is 7.05 Å². The first-order chi connectivity index (χ1) is 10.7. The van der Waals surface area contributed by atoms with E-state index < -0.39 is 0 Å². The highest BCUT2D eigenvalue weighted by Gasteiger charge is 2.20. The molecular weight excluding hydrogens is 274 g/mol. The zero-order chi connectivity index (χ0) is 15.8. The quantitative estimate of drug-likeness (QED) is 0.482. The molecule has 0 spiro atoms. The van der Waals surface area contributed by atoms with Gasteiger partial charge in [0.25, 0.3) is 0 Å². The van der Waals surface area contributed by atoms with Crippen molar-refractivity contribution in [3.05, 3.63) is 11.6 Å². The fourth-order valence-corrected chi connectivity index (χ4v) is 3.50. The molecule has 0 bridgehead atoms. The van der Waals surface area contributed by atoms with Gasteiger partial charge in [0.05, 0.1) is 13.2 Å². The van der Waals surface area contributed by atoms with Gasteiger partial charge in [-0.3, -0.25) is 4.99 Å². The minimum Gasteiger partial charge on any atom is -0.377 e. The van der Waals surface area contributed by atoms with Crippen LogP contribution in [0.5, 0.6) is 0 Å². The van der Waals surface area contributed by atoms with Crippen LogP contribution in [0.25, 0.3) is 0 Å². The standard InChI is InChI=1S/C18H33N3O/c1-15-4-6-17(7-5-15)14-21(3)18(19-2)20-11-8-16-9-12-22-13-10-16/h9,15,17H,4-8,10-14H2,1-3H3,(H,19,20). The van der Waals surface area contributed by atoms with Gasteiger partial charge in [-0.2, -0.15) is 0 Å². The van der Waals surface area contributed by atoms with Crippen LogP contribution in [0.3, 0.4) is 0 Å². The van der Waals surface area contributed by atoms with Gasteiger partial charge in [0.15, 0.2) is 5.96 Å². The second-order valence-corrected chi connectivity index (χ2v) is 6.92. The van der Waals surface area contributed by atoms with Crippen LogP contribution in [0.2, 0.25) is 0 Å². The summed E-state index contributed by atoms with van der Waals surface area (Å²) in [7, 11) is 4.05. The molecule has 0 aromatic heterocycles. The maximum absolute atomic E-state index is 5.35. The molecule has 1 fully saturated rings. The molecule has 0 saturated heterocycles. The Hall–Kier alpha value is -1.03. The van der Waals surface area contributed by atoms with E-state index in [2.05, 4.69) is 35.3 Å². The van der Waals surface area contributed by atoms with E-state index in [0.717, 1.165) is 56.9 Å². The Kier molecular flexibility index (Phi) is 7.23. The molecule has 1 heterocycles. The number of nitrogens with one attached hydrogen (secondary N) is 1. The molecule has 22 heavy (non-hydrogen) atoms. The predicted molar refractivity (Wildman–Crippen MR) is 93.2 cm³/mol. The van der Waals surface area contributed by atoms with E-state index in [1.54, 1.807) is 0 Å². The molecule has 4 heteroatoms. The Morgan fingerprint density at radius 1 is 1.36 bits per heavy atom. The first kappa shape index (κ1) is 17.3. The van der Waals surface area contributed by atoms with Gasteiger partial charge in [-0.25, -0.2) is 0 Å². The van der Waals surface area contributed by atoms with Crippen molar-refractivity contribution in [1.29, 1.82) is 0 Å². The SMILES string of the molecule is CN=C(NCCC1=CCOCC1)N(C)CC1CCC(C)CC1. The van der Waals surface area contributed by atoms with Crippen molar-refractivity contribution in [2.24, 2.45) is 16.8 Å². The monoisotopic (exact) mass is 307 g/mol. The van der Waals surface area contributed by atoms with Gasteiger partial charge >= 0.3 is 0 Å². The van der Waals surface area contributed by atoms with Crippen LogP contribution in [0.1, 0.15) is 45.4 Å². The summed E-state index contributed by atoms with van der Waals surface area (Å²) in [5.41, 5.74) is 1.51. The number of guanidine groups is 1. The molecule has 0 aromatic carbocycles. The Morgan fingerprint density at radius 3 is 2.77 bits per heavy atom. The average Bonchev–Trinajstić information content (AvgIpc) is 2.54. The second-order valence-electron chi connectivity index (χ2n) is 6.92. The van der Waals surface area contributed by atoms with Crippen molar-refractivity contribution in [3.8, 4) is 0 Å². The summed E-state index contributed by atoms with van der Waals surface area (Å²) in [6.45, 7) is 6.13. The number of nitrogens with zero attached hydrogens (tertiary/aromatic N) is 2. The van der Waals surface area contributed by atoms with Crippen LogP contribution in [-0.4, -0.2) is 51.3 Å². The maximum Gasteiger partial charge on any atom is 0.193 e. The number of hydrogen-bond donors (Lipinski definition) is 1. The predicted octanol–water partition coefficient (Wildman–Crippen LogP) is 3.06. The summed E-state index contributed by atoms with van der Waals surface area (Å²) < 4.78 is 5.35. The summed E-state index contributed by atoms with van der Waals surface area (Å²) in [5.74, 6) is 2.79. The van der Waals surface area contributed by atoms with Crippen molar-refractivity contribution in [1.82, 2.24) is 10.2 Å². The van der Waals surface area contributed by atoms with Gasteiger partial charge in [-0.15, -0.1) is 0 Å². The van der Waals surface area contributed by atoms with Crippen LogP contribution >= 0.6 is 0 Å². The maximum atomic E-state index is 5.35. The molecule has 0 amide bonds. The molecular formula is C18H33N3O. The van der Waals surface area contributed by atoms with Crippen molar-refractivity contribution < 1.29 is 4.74 Å². The van der Waals surface area contributed by atoms with E-state index >= 15 is 0 Å². The van der Waals surface area contributed by atoms with Crippen molar-refractivity contribution in [2.45, 2.75) is 45.4 Å². The summed E-state index contributed by atoms with van der Waals surface area (Å²) in [6.07, 6.45) is 9.92. The summed E-state index contributed by atoms with van der Waals surface area (Å²) >= 11 is 0. The lowest BCUT2D eigenvalue weighted by Gasteiger charge is -2.31. The van der Waals surface area contributed by atoms with Gasteiger partial charge in [-0.05, 0) is 37.5 Å². The van der Waals surface area contributed by atoms with E-state index in [1.165, 1.54) is 31.3 Å². The zero-order valence-electron chi connectivity index (χ0n) is 14.6. The van der Waals surface area contributed by atoms with E-state index in [0.29, 0.717) is 0 Å². The van der Waals surface area contributed by atoms with Gasteiger partial charge in [0.1, 0.15) is 0 Å². The van der Waals surface area contributed by atoms with E-state index in [-0.39, 0.29) is 0 Å². The molecule has 1 N–H and O–H groups in total. The number of rotatable bonds is 5. The first-order valence-electron chi connectivity index (χ1n) is 8.86. The highest BCUT2D eigenvalue weighted by molar-refractivity contribution is 5.79. The summed E-state index contributed by atoms with van der Waals surface area (Å²) in [5, 5.41) is 3.51. The smallest absolute Gasteiger partial charge is 0.193 e. The molecule has 1 aliphatic heterocycles. The Balaban J connectivity index is 1.70. The van der Waals surface area contributed by atoms with Gasteiger partial charge in [0.2, 0.25) is 0 Å². The van der Waals surface area contributed by atoms with Crippen LogP contribution in [0, 0.1) is 11.8 Å². The van der Waals surface area contributed by atoms with Crippen molar-refractivity contribution in [3.63, 3.8) is 0 Å². The Morgan fingerprint density at radius 2 is 2.14 bits per heavy atom. The summed E-state index contributed by atoms with van der Waals surface area (Å²) in [4.78, 5) is 6.74. The number of aliphatic imine (C=N–C) groups is 1. The topological polar surface area (TPSA) is 36.9 Å². The third-order valence-electron chi connectivity index (χ3n) is 5.03. The van der Waals surface area contributed by atoms with E-state index in [9.17, 15) is 0 Å². The third-order valence-corrected chi connectivity index (χ3v) is 5.03. The van der Waals surface area contributed by atoms with Gasteiger partial charge in [0, 0.05) is 27.2 Å². The summed E-state index contributed by atoms with van der Waals surface area (Å²) in [6, 6.07) is 0. The molecule has 1 saturated carbocycles. The Bertz CT molecular complexity index is 384. The molecule has 0 radical (unpaired) electrons. The molecule has 2 rings (SSSR count). The molecule has 1 aliphatic carbocycles. The fraction of sp³-hybridized carbons (Fsp3) is 0.833. The van der Waals surface area contributed by atoms with Crippen LogP contribution in [-0.2, 0) is 4.74 Å². The van der Waals surface area contributed by atoms with Gasteiger partial charge < -0.3 is 15.0 Å². The highest BCUT2D eigenvalue weighted by atomic mass is 16.5. The first-order valence-corrected chi connectivity index (χ1v) is 8.86. The number of ether oxygens (including phenoxy) is 1. The lowest BCUT2D eigenvalue weighted by Crippen LogP contribution is -2.42. The molecule has 2 aliphatic rings. The van der Waals surface area contributed by atoms with Gasteiger partial charge in [-0.1, -0.05) is 31.4 Å². The normalized spacial score (nSPS) is 26.5. The van der Waals surface area contributed by atoms with Crippen LogP contribution < -0.4 is 5.32 Å². The van der Waals surface area contributed by atoms with Crippen molar-refractivity contribution in [2.75, 3.05) is 40.4 Å². The van der Waals surface area contributed by atoms with E-state index in [4.69, 9.17) is 4.74 Å². The Labute approximate surface area is 136 Å². The fourth-order valence-electron chi connectivity index (χ4n) is 3.50. The molecule has 0 unspecified atom stereocenters. The van der Waals surface area contributed by atoms with Crippen molar-refractivity contribution >= 4 is 5.96 Å². The lowest BCUT2D eigenvalue weighted by atomic mass is 9.83. The number of hydrogen-bond acceptors (Lipinski definition) is 2.